The predicted octanol–water partition coefficient (Wildman–Crippen LogP) is 5.06. The lowest BCUT2D eigenvalue weighted by Gasteiger charge is -2.02. The number of amides is 1. The first kappa shape index (κ1) is 21.4. The van der Waals surface area contributed by atoms with Crippen LogP contribution < -0.4 is 11.1 Å². The Bertz CT molecular complexity index is 1590. The number of carbonyl (C=O) groups is 1. The molecule has 0 aliphatic carbocycles. The normalized spacial score (nSPS) is 11.2. The number of carbonyl (C=O) groups excluding carboxylic acids is 1. The molecule has 1 N–H and O–H groups in total. The molecule has 2 aromatic heterocycles. The zero-order valence-electron chi connectivity index (χ0n) is 17.7. The number of hydrogen-bond acceptors (Lipinski definition) is 5. The highest BCUT2D eigenvalue weighted by molar-refractivity contribution is 6.33. The number of hydrazone groups is 1. The van der Waals surface area contributed by atoms with Crippen LogP contribution in [0, 0.1) is 0 Å². The molecule has 0 radical (unpaired) electrons. The number of para-hydroxylation sites is 2. The Morgan fingerprint density at radius 1 is 1.00 bits per heavy atom. The minimum absolute atomic E-state index is 0.285. The predicted molar refractivity (Wildman–Crippen MR) is 132 cm³/mol. The molecule has 0 unspecified atom stereocenters. The fourth-order valence-electron chi connectivity index (χ4n) is 3.50. The van der Waals surface area contributed by atoms with E-state index >= 15 is 0 Å². The standard InChI is InChI=1S/C26H17ClN4O3/c27-22-12-6-5-11-20(22)25(32)29-28-15-18-16-31(19-9-2-1-3-10-19)30-24(18)21-14-17-8-4-7-13-23(17)34-26(21)33/h1-16H,(H,29,32)/b28-15+. The van der Waals surface area contributed by atoms with Gasteiger partial charge < -0.3 is 4.42 Å². The molecule has 0 atom stereocenters. The van der Waals surface area contributed by atoms with E-state index in [0.29, 0.717) is 27.4 Å². The minimum Gasteiger partial charge on any atom is -0.422 e. The molecule has 5 aromatic rings. The third kappa shape index (κ3) is 4.24. The van der Waals surface area contributed by atoms with Crippen LogP contribution in [0.1, 0.15) is 15.9 Å². The summed E-state index contributed by atoms with van der Waals surface area (Å²) >= 11 is 6.09. The van der Waals surface area contributed by atoms with Crippen LogP contribution in [0.5, 0.6) is 0 Å². The summed E-state index contributed by atoms with van der Waals surface area (Å²) in [6.45, 7) is 0. The van der Waals surface area contributed by atoms with Gasteiger partial charge in [0, 0.05) is 17.1 Å². The largest absolute Gasteiger partial charge is 0.422 e. The quantitative estimate of drug-likeness (QED) is 0.222. The zero-order valence-corrected chi connectivity index (χ0v) is 18.4. The van der Waals surface area contributed by atoms with E-state index in [1.165, 1.54) is 6.21 Å². The van der Waals surface area contributed by atoms with Crippen LogP contribution >= 0.6 is 11.6 Å². The van der Waals surface area contributed by atoms with E-state index in [1.807, 2.05) is 42.5 Å². The maximum absolute atomic E-state index is 12.8. The number of nitrogens with one attached hydrogen (secondary N) is 1. The molecule has 8 heteroatoms. The molecule has 0 saturated heterocycles. The zero-order chi connectivity index (χ0) is 23.5. The number of aromatic nitrogens is 2. The van der Waals surface area contributed by atoms with Crippen molar-refractivity contribution in [3.63, 3.8) is 0 Å². The Morgan fingerprint density at radius 3 is 2.56 bits per heavy atom. The summed E-state index contributed by atoms with van der Waals surface area (Å²) in [6.07, 6.45) is 3.16. The molecule has 3 aromatic carbocycles. The number of fused-ring (bicyclic) bond motifs is 1. The number of hydrogen-bond donors (Lipinski definition) is 1. The first-order valence-electron chi connectivity index (χ1n) is 10.4. The maximum atomic E-state index is 12.8. The monoisotopic (exact) mass is 468 g/mol. The molecule has 5 rings (SSSR count). The van der Waals surface area contributed by atoms with E-state index in [-0.39, 0.29) is 5.56 Å². The average Bonchev–Trinajstić information content (AvgIpc) is 3.28. The van der Waals surface area contributed by atoms with Crippen molar-refractivity contribution in [3.05, 3.63) is 118 Å². The Balaban J connectivity index is 1.55. The molecule has 0 aliphatic rings. The molecule has 2 heterocycles. The highest BCUT2D eigenvalue weighted by Crippen LogP contribution is 2.23. The lowest BCUT2D eigenvalue weighted by atomic mass is 10.1. The van der Waals surface area contributed by atoms with Gasteiger partial charge in [-0.25, -0.2) is 14.9 Å². The molecular weight excluding hydrogens is 452 g/mol. The molecule has 1 amide bonds. The van der Waals surface area contributed by atoms with E-state index in [0.717, 1.165) is 11.1 Å². The van der Waals surface area contributed by atoms with Gasteiger partial charge >= 0.3 is 5.63 Å². The highest BCUT2D eigenvalue weighted by Gasteiger charge is 2.17. The summed E-state index contributed by atoms with van der Waals surface area (Å²) in [5.41, 5.74) is 4.71. The summed E-state index contributed by atoms with van der Waals surface area (Å²) < 4.78 is 7.14. The van der Waals surface area contributed by atoms with Crippen LogP contribution in [0.4, 0.5) is 0 Å². The van der Waals surface area contributed by atoms with Gasteiger partial charge in [-0.3, -0.25) is 4.79 Å². The van der Waals surface area contributed by atoms with Gasteiger partial charge in [0.15, 0.2) is 0 Å². The van der Waals surface area contributed by atoms with Gasteiger partial charge in [0.2, 0.25) is 0 Å². The van der Waals surface area contributed by atoms with E-state index in [1.54, 1.807) is 53.3 Å². The van der Waals surface area contributed by atoms with E-state index < -0.39 is 11.5 Å². The second-order valence-electron chi connectivity index (χ2n) is 7.38. The second-order valence-corrected chi connectivity index (χ2v) is 7.78. The molecule has 0 saturated carbocycles. The molecule has 0 bridgehead atoms. The van der Waals surface area contributed by atoms with Gasteiger partial charge in [-0.1, -0.05) is 60.1 Å². The Hall–Kier alpha value is -4.49. The molecule has 0 aliphatic heterocycles. The van der Waals surface area contributed by atoms with Gasteiger partial charge in [-0.15, -0.1) is 0 Å². The molecular formula is C26H17ClN4O3. The van der Waals surface area contributed by atoms with Crippen LogP contribution in [0.15, 0.2) is 105 Å². The van der Waals surface area contributed by atoms with Crippen LogP contribution in [0.3, 0.4) is 0 Å². The van der Waals surface area contributed by atoms with Crippen molar-refractivity contribution in [3.8, 4) is 16.9 Å². The van der Waals surface area contributed by atoms with Gasteiger partial charge in [-0.05, 0) is 36.4 Å². The van der Waals surface area contributed by atoms with Crippen molar-refractivity contribution >= 4 is 34.7 Å². The SMILES string of the molecule is O=C(N/N=C/c1cn(-c2ccccc2)nc1-c1cc2ccccc2oc1=O)c1ccccc1Cl. The van der Waals surface area contributed by atoms with Crippen LogP contribution in [0.25, 0.3) is 27.9 Å². The number of halogens is 1. The number of nitrogens with zero attached hydrogens (tertiary/aromatic N) is 3. The lowest BCUT2D eigenvalue weighted by molar-refractivity contribution is 0.0955. The lowest BCUT2D eigenvalue weighted by Crippen LogP contribution is -2.18. The summed E-state index contributed by atoms with van der Waals surface area (Å²) in [6, 6.07) is 25.1. The Morgan fingerprint density at radius 2 is 1.74 bits per heavy atom. The molecule has 7 nitrogen and oxygen atoms in total. The van der Waals surface area contributed by atoms with Gasteiger partial charge in [0.1, 0.15) is 11.3 Å². The van der Waals surface area contributed by atoms with Crippen molar-refractivity contribution in [2.75, 3.05) is 0 Å². The van der Waals surface area contributed by atoms with E-state index in [9.17, 15) is 9.59 Å². The van der Waals surface area contributed by atoms with Gasteiger partial charge in [0.25, 0.3) is 5.91 Å². The van der Waals surface area contributed by atoms with Crippen LogP contribution in [-0.2, 0) is 0 Å². The molecule has 0 fully saturated rings. The first-order chi connectivity index (χ1) is 16.6. The Labute approximate surface area is 198 Å². The smallest absolute Gasteiger partial charge is 0.345 e. The second kappa shape index (κ2) is 9.17. The van der Waals surface area contributed by atoms with Crippen molar-refractivity contribution in [2.24, 2.45) is 5.10 Å². The summed E-state index contributed by atoms with van der Waals surface area (Å²) in [5.74, 6) is -0.455. The maximum Gasteiger partial charge on any atom is 0.345 e. The van der Waals surface area contributed by atoms with Gasteiger partial charge in [0.05, 0.1) is 28.1 Å². The summed E-state index contributed by atoms with van der Waals surface area (Å²) in [5, 5.41) is 9.78. The average molecular weight is 469 g/mol. The highest BCUT2D eigenvalue weighted by atomic mass is 35.5. The van der Waals surface area contributed by atoms with Gasteiger partial charge in [-0.2, -0.15) is 10.2 Å². The minimum atomic E-state index is -0.522. The fourth-order valence-corrected chi connectivity index (χ4v) is 3.72. The van der Waals surface area contributed by atoms with Crippen molar-refractivity contribution in [1.29, 1.82) is 0 Å². The van der Waals surface area contributed by atoms with Crippen LogP contribution in [-0.4, -0.2) is 21.9 Å². The van der Waals surface area contributed by atoms with E-state index in [2.05, 4.69) is 15.6 Å². The third-order valence-corrected chi connectivity index (χ3v) is 5.48. The molecule has 34 heavy (non-hydrogen) atoms. The first-order valence-corrected chi connectivity index (χ1v) is 10.7. The van der Waals surface area contributed by atoms with E-state index in [4.69, 9.17) is 16.0 Å². The van der Waals surface area contributed by atoms with Crippen LogP contribution in [0.2, 0.25) is 5.02 Å². The Kier molecular flexibility index (Phi) is 5.76. The van der Waals surface area contributed by atoms with Crippen molar-refractivity contribution in [2.45, 2.75) is 0 Å². The third-order valence-electron chi connectivity index (χ3n) is 5.15. The molecule has 0 spiro atoms. The summed E-state index contributed by atoms with van der Waals surface area (Å²) in [7, 11) is 0. The molecule has 166 valence electrons. The topological polar surface area (TPSA) is 89.5 Å². The summed E-state index contributed by atoms with van der Waals surface area (Å²) in [4.78, 5) is 25.2. The van der Waals surface area contributed by atoms with Crippen molar-refractivity contribution in [1.82, 2.24) is 15.2 Å². The number of benzene rings is 3. The van der Waals surface area contributed by atoms with Crippen molar-refractivity contribution < 1.29 is 9.21 Å². The fraction of sp³-hybridized carbons (Fsp3) is 0. The number of rotatable bonds is 5.